The van der Waals surface area contributed by atoms with Gasteiger partial charge in [-0.2, -0.15) is 5.10 Å². The van der Waals surface area contributed by atoms with E-state index in [0.29, 0.717) is 43.8 Å². The van der Waals surface area contributed by atoms with Gasteiger partial charge in [0.05, 0.1) is 33.0 Å². The Morgan fingerprint density at radius 1 is 1.00 bits per heavy atom. The van der Waals surface area contributed by atoms with E-state index < -0.39 is 0 Å². The smallest absolute Gasteiger partial charge is 0.271 e. The first kappa shape index (κ1) is 31.5. The number of hydrogen-bond acceptors (Lipinski definition) is 7. The second kappa shape index (κ2) is 14.7. The molecule has 0 fully saturated rings. The number of halogens is 3. The molecule has 1 aromatic heterocycles. The van der Waals surface area contributed by atoms with Gasteiger partial charge in [0.25, 0.3) is 5.91 Å². The molecule has 0 atom stereocenters. The Morgan fingerprint density at radius 2 is 1.77 bits per heavy atom. The molecule has 0 unspecified atom stereocenters. The van der Waals surface area contributed by atoms with Crippen molar-refractivity contribution in [2.24, 2.45) is 5.10 Å². The maximum atomic E-state index is 12.7. The Labute approximate surface area is 278 Å². The number of nitrogens with zero attached hydrogens (tertiary/aromatic N) is 2. The number of carbonyl (C=O) groups is 1. The molecule has 44 heavy (non-hydrogen) atoms. The zero-order chi connectivity index (χ0) is 31.1. The van der Waals surface area contributed by atoms with E-state index in [4.69, 9.17) is 32.7 Å². The molecule has 0 aliphatic rings. The average molecular weight is 710 g/mol. The summed E-state index contributed by atoms with van der Waals surface area (Å²) in [5, 5.41) is 11.2. The van der Waals surface area contributed by atoms with Crippen molar-refractivity contribution in [1.29, 1.82) is 0 Å². The van der Waals surface area contributed by atoms with Gasteiger partial charge in [0, 0.05) is 22.2 Å². The third-order valence-electron chi connectivity index (χ3n) is 6.33. The van der Waals surface area contributed by atoms with Crippen LogP contribution >= 0.6 is 50.5 Å². The van der Waals surface area contributed by atoms with Crippen LogP contribution in [0.4, 0.5) is 10.8 Å². The molecular weight excluding hydrogens is 683 g/mol. The van der Waals surface area contributed by atoms with Crippen LogP contribution in [0.1, 0.15) is 34.0 Å². The molecule has 224 valence electrons. The Hall–Kier alpha value is -3.89. The number of benzene rings is 4. The van der Waals surface area contributed by atoms with Gasteiger partial charge in [0.15, 0.2) is 16.6 Å². The van der Waals surface area contributed by atoms with Crippen molar-refractivity contribution in [2.75, 3.05) is 11.9 Å². The zero-order valence-corrected chi connectivity index (χ0v) is 27.7. The predicted octanol–water partition coefficient (Wildman–Crippen LogP) is 9.67. The number of aromatic nitrogens is 1. The van der Waals surface area contributed by atoms with Gasteiger partial charge in [0.1, 0.15) is 6.61 Å². The van der Waals surface area contributed by atoms with Crippen LogP contribution in [-0.2, 0) is 6.61 Å². The molecule has 0 aliphatic heterocycles. The van der Waals surface area contributed by atoms with Crippen LogP contribution in [0.3, 0.4) is 0 Å². The minimum Gasteiger partial charge on any atom is -0.490 e. The van der Waals surface area contributed by atoms with Gasteiger partial charge in [-0.3, -0.25) is 4.79 Å². The number of hydrogen-bond donors (Lipinski definition) is 2. The minimum atomic E-state index is -0.335. The average Bonchev–Trinajstić information content (AvgIpc) is 3.48. The molecule has 0 aliphatic carbocycles. The van der Waals surface area contributed by atoms with E-state index in [0.717, 1.165) is 27.6 Å². The molecular formula is C33H27BrCl2N4O3S. The fourth-order valence-corrected chi connectivity index (χ4v) is 5.73. The van der Waals surface area contributed by atoms with Crippen LogP contribution < -0.4 is 20.2 Å². The summed E-state index contributed by atoms with van der Waals surface area (Å²) in [7, 11) is 0. The highest BCUT2D eigenvalue weighted by molar-refractivity contribution is 9.10. The van der Waals surface area contributed by atoms with Crippen molar-refractivity contribution in [3.8, 4) is 22.8 Å². The number of carbonyl (C=O) groups excluding carboxylic acids is 1. The predicted molar refractivity (Wildman–Crippen MR) is 183 cm³/mol. The summed E-state index contributed by atoms with van der Waals surface area (Å²) >= 11 is 17.2. The van der Waals surface area contributed by atoms with Gasteiger partial charge in [0.2, 0.25) is 0 Å². The first-order valence-corrected chi connectivity index (χ1v) is 16.0. The Balaban J connectivity index is 1.20. The van der Waals surface area contributed by atoms with E-state index in [1.54, 1.807) is 36.5 Å². The molecule has 1 heterocycles. The van der Waals surface area contributed by atoms with Crippen LogP contribution in [0.25, 0.3) is 11.3 Å². The summed E-state index contributed by atoms with van der Waals surface area (Å²) in [6, 6.07) is 24.3. The summed E-state index contributed by atoms with van der Waals surface area (Å²) in [6.07, 6.45) is 1.54. The topological polar surface area (TPSA) is 84.8 Å². The Bertz CT molecular complexity index is 1790. The number of aryl methyl sites for hydroxylation is 1. The van der Waals surface area contributed by atoms with Crippen LogP contribution in [0.15, 0.2) is 93.8 Å². The van der Waals surface area contributed by atoms with Crippen LogP contribution in [0.5, 0.6) is 11.5 Å². The van der Waals surface area contributed by atoms with Crippen LogP contribution in [0, 0.1) is 6.92 Å². The van der Waals surface area contributed by atoms with Crippen molar-refractivity contribution in [2.45, 2.75) is 20.5 Å². The van der Waals surface area contributed by atoms with Crippen LogP contribution in [0.2, 0.25) is 10.0 Å². The maximum absolute atomic E-state index is 12.7. The fraction of sp³-hybridized carbons (Fsp3) is 0.121. The highest BCUT2D eigenvalue weighted by Crippen LogP contribution is 2.37. The number of rotatable bonds is 11. The van der Waals surface area contributed by atoms with E-state index >= 15 is 0 Å². The molecule has 1 amide bonds. The normalized spacial score (nSPS) is 11.0. The fourth-order valence-electron chi connectivity index (χ4n) is 4.10. The van der Waals surface area contributed by atoms with Gasteiger partial charge in [-0.15, -0.1) is 11.3 Å². The summed E-state index contributed by atoms with van der Waals surface area (Å²) in [4.78, 5) is 17.4. The van der Waals surface area contributed by atoms with E-state index in [9.17, 15) is 4.79 Å². The summed E-state index contributed by atoms with van der Waals surface area (Å²) in [5.74, 6) is 0.736. The van der Waals surface area contributed by atoms with E-state index in [1.807, 2.05) is 48.7 Å². The van der Waals surface area contributed by atoms with E-state index in [1.165, 1.54) is 16.9 Å². The van der Waals surface area contributed by atoms with Crippen molar-refractivity contribution < 1.29 is 14.3 Å². The number of hydrazone groups is 1. The third-order valence-corrected chi connectivity index (χ3v) is 8.41. The standard InChI is InChI=1S/C33H27BrCl2N4O3S/c1-3-42-30-16-22(14-26(34)31(30)43-18-21-6-13-27(35)28(36)15-21)17-37-40-32(41)24-9-7-23(8-10-24)29-19-44-33(39-29)38-25-11-4-20(2)5-12-25/h4-17,19H,3,18H2,1-2H3,(H,38,39)(H,40,41)/b37-17-. The Morgan fingerprint density at radius 3 is 2.50 bits per heavy atom. The van der Waals surface area contributed by atoms with Gasteiger partial charge in [-0.1, -0.05) is 59.1 Å². The van der Waals surface area contributed by atoms with Crippen molar-refractivity contribution in [1.82, 2.24) is 10.4 Å². The SMILES string of the molecule is CCOc1cc(/C=N\NC(=O)c2ccc(-c3csc(Nc4ccc(C)cc4)n3)cc2)cc(Br)c1OCc1ccc(Cl)c(Cl)c1. The van der Waals surface area contributed by atoms with Gasteiger partial charge in [-0.25, -0.2) is 10.4 Å². The number of ether oxygens (including phenoxy) is 2. The van der Waals surface area contributed by atoms with Gasteiger partial charge in [-0.05, 0) is 89.4 Å². The van der Waals surface area contributed by atoms with Crippen molar-refractivity contribution >= 4 is 73.4 Å². The highest BCUT2D eigenvalue weighted by Gasteiger charge is 2.13. The first-order chi connectivity index (χ1) is 21.3. The maximum Gasteiger partial charge on any atom is 0.271 e. The molecule has 5 rings (SSSR count). The monoisotopic (exact) mass is 708 g/mol. The number of amides is 1. The highest BCUT2D eigenvalue weighted by atomic mass is 79.9. The lowest BCUT2D eigenvalue weighted by Gasteiger charge is -2.15. The molecule has 2 N–H and O–H groups in total. The molecule has 4 aromatic carbocycles. The summed E-state index contributed by atoms with van der Waals surface area (Å²) < 4.78 is 12.5. The molecule has 7 nitrogen and oxygen atoms in total. The largest absolute Gasteiger partial charge is 0.490 e. The van der Waals surface area contributed by atoms with E-state index in [-0.39, 0.29) is 12.5 Å². The van der Waals surface area contributed by atoms with Gasteiger partial charge < -0.3 is 14.8 Å². The number of anilines is 2. The number of thiazole rings is 1. The van der Waals surface area contributed by atoms with E-state index in [2.05, 4.69) is 55.8 Å². The lowest BCUT2D eigenvalue weighted by Crippen LogP contribution is -2.17. The third kappa shape index (κ3) is 8.18. The number of nitrogens with one attached hydrogen (secondary N) is 2. The second-order valence-electron chi connectivity index (χ2n) is 9.61. The van der Waals surface area contributed by atoms with Crippen molar-refractivity contribution in [3.05, 3.63) is 121 Å². The van der Waals surface area contributed by atoms with Crippen molar-refractivity contribution in [3.63, 3.8) is 0 Å². The molecule has 5 aromatic rings. The summed E-state index contributed by atoms with van der Waals surface area (Å²) in [6.45, 7) is 4.65. The first-order valence-electron chi connectivity index (χ1n) is 13.5. The molecule has 11 heteroatoms. The minimum absolute atomic E-state index is 0.270. The van der Waals surface area contributed by atoms with Gasteiger partial charge >= 0.3 is 0 Å². The summed E-state index contributed by atoms with van der Waals surface area (Å²) in [5.41, 5.74) is 8.54. The lowest BCUT2D eigenvalue weighted by molar-refractivity contribution is 0.0955. The zero-order valence-electron chi connectivity index (χ0n) is 23.7. The lowest BCUT2D eigenvalue weighted by atomic mass is 10.1. The Kier molecular flexibility index (Phi) is 10.6. The molecule has 0 spiro atoms. The quantitative estimate of drug-likeness (QED) is 0.105. The molecule has 0 radical (unpaired) electrons. The second-order valence-corrected chi connectivity index (χ2v) is 12.1. The van der Waals surface area contributed by atoms with Crippen LogP contribution in [-0.4, -0.2) is 23.7 Å². The molecule has 0 bridgehead atoms. The molecule has 0 saturated heterocycles. The molecule has 0 saturated carbocycles.